The first-order chi connectivity index (χ1) is 6.52. The second-order valence-electron chi connectivity index (χ2n) is 3.23. The minimum Gasteiger partial charge on any atom is -0.392 e. The predicted octanol–water partition coefficient (Wildman–Crippen LogP) is -1.01. The molecular weight excluding hydrogens is 248 g/mol. The zero-order valence-electron chi connectivity index (χ0n) is 8.32. The third kappa shape index (κ3) is 8.75. The van der Waals surface area contributed by atoms with E-state index in [4.69, 9.17) is 9.66 Å². The van der Waals surface area contributed by atoms with Crippen molar-refractivity contribution in [3.63, 3.8) is 0 Å². The lowest BCUT2D eigenvalue weighted by atomic mass is 10.5. The van der Waals surface area contributed by atoms with Crippen LogP contribution in [0.25, 0.3) is 0 Å². The van der Waals surface area contributed by atoms with Gasteiger partial charge in [-0.2, -0.15) is 16.8 Å². The smallest absolute Gasteiger partial charge is 0.270 e. The van der Waals surface area contributed by atoms with Gasteiger partial charge in [0.1, 0.15) is 11.5 Å². The van der Waals surface area contributed by atoms with Crippen LogP contribution in [0.15, 0.2) is 0 Å². The molecule has 0 saturated heterocycles. The fourth-order valence-electron chi connectivity index (χ4n) is 0.909. The van der Waals surface area contributed by atoms with Gasteiger partial charge in [-0.3, -0.25) is 8.74 Å². The molecule has 2 atom stereocenters. The molecule has 2 N–H and O–H groups in total. The summed E-state index contributed by atoms with van der Waals surface area (Å²) >= 11 is 0. The third-order valence-electron chi connectivity index (χ3n) is 1.20. The van der Waals surface area contributed by atoms with Crippen LogP contribution in [-0.4, -0.2) is 50.2 Å². The van der Waals surface area contributed by atoms with Gasteiger partial charge in [0.2, 0.25) is 0 Å². The lowest BCUT2D eigenvalue weighted by Crippen LogP contribution is -2.28. The number of aliphatic hydroxyl groups is 1. The number of hydrogen-bond donors (Lipinski definition) is 2. The van der Waals surface area contributed by atoms with Crippen LogP contribution in [0, 0.1) is 0 Å². The van der Waals surface area contributed by atoms with E-state index in [1.165, 1.54) is 13.8 Å². The Bertz CT molecular complexity index is 380. The Morgan fingerprint density at radius 1 is 1.13 bits per heavy atom. The maximum atomic E-state index is 11.1. The van der Waals surface area contributed by atoms with Gasteiger partial charge in [-0.1, -0.05) is 0 Å². The maximum Gasteiger partial charge on any atom is 0.270 e. The van der Waals surface area contributed by atoms with E-state index in [2.05, 4.69) is 4.18 Å². The van der Waals surface area contributed by atoms with E-state index in [1.807, 2.05) is 0 Å². The molecular formula is C6H14O7S2. The Balaban J connectivity index is 4.36. The molecule has 15 heavy (non-hydrogen) atoms. The minimum absolute atomic E-state index is 0.622. The van der Waals surface area contributed by atoms with Gasteiger partial charge in [-0.25, -0.2) is 0 Å². The molecule has 0 aromatic carbocycles. The molecule has 0 aliphatic heterocycles. The highest BCUT2D eigenvalue weighted by Crippen LogP contribution is 2.04. The van der Waals surface area contributed by atoms with Gasteiger partial charge in [0.25, 0.3) is 20.2 Å². The Labute approximate surface area is 88.9 Å². The molecule has 2 unspecified atom stereocenters. The van der Waals surface area contributed by atoms with Crippen LogP contribution in [0.4, 0.5) is 0 Å². The highest BCUT2D eigenvalue weighted by molar-refractivity contribution is 7.87. The predicted molar refractivity (Wildman–Crippen MR) is 52.4 cm³/mol. The monoisotopic (exact) mass is 262 g/mol. The highest BCUT2D eigenvalue weighted by atomic mass is 32.2. The van der Waals surface area contributed by atoms with Gasteiger partial charge in [0.15, 0.2) is 0 Å². The molecule has 0 saturated carbocycles. The normalized spacial score (nSPS) is 17.3. The molecule has 92 valence electrons. The van der Waals surface area contributed by atoms with Crippen molar-refractivity contribution in [2.75, 3.05) is 11.5 Å². The fourth-order valence-corrected chi connectivity index (χ4v) is 2.89. The number of aliphatic hydroxyl groups excluding tert-OH is 1. The van der Waals surface area contributed by atoms with Crippen molar-refractivity contribution in [3.05, 3.63) is 0 Å². The lowest BCUT2D eigenvalue weighted by Gasteiger charge is -2.12. The quantitative estimate of drug-likeness (QED) is 0.465. The minimum atomic E-state index is -4.28. The average Bonchev–Trinajstić information content (AvgIpc) is 1.73. The number of rotatable bonds is 6. The summed E-state index contributed by atoms with van der Waals surface area (Å²) in [6, 6.07) is 0. The van der Waals surface area contributed by atoms with E-state index < -0.39 is 43.9 Å². The zero-order valence-corrected chi connectivity index (χ0v) is 9.95. The molecule has 0 bridgehead atoms. The van der Waals surface area contributed by atoms with Gasteiger partial charge in [0.05, 0.1) is 12.2 Å². The van der Waals surface area contributed by atoms with Crippen LogP contribution >= 0.6 is 0 Å². The van der Waals surface area contributed by atoms with Crippen molar-refractivity contribution in [1.29, 1.82) is 0 Å². The maximum absolute atomic E-state index is 11.1. The Kier molecular flexibility index (Phi) is 5.14. The second kappa shape index (κ2) is 5.21. The van der Waals surface area contributed by atoms with Crippen LogP contribution in [0.1, 0.15) is 13.8 Å². The molecule has 0 amide bonds. The largest absolute Gasteiger partial charge is 0.392 e. The molecule has 0 fully saturated rings. The van der Waals surface area contributed by atoms with Crippen molar-refractivity contribution in [3.8, 4) is 0 Å². The summed E-state index contributed by atoms with van der Waals surface area (Å²) in [4.78, 5) is 0. The summed E-state index contributed by atoms with van der Waals surface area (Å²) < 4.78 is 55.7. The first kappa shape index (κ1) is 14.8. The average molecular weight is 262 g/mol. The van der Waals surface area contributed by atoms with E-state index >= 15 is 0 Å². The first-order valence-corrected chi connectivity index (χ1v) is 7.24. The molecule has 0 rings (SSSR count). The van der Waals surface area contributed by atoms with Gasteiger partial charge >= 0.3 is 0 Å². The van der Waals surface area contributed by atoms with Gasteiger partial charge in [-0.15, -0.1) is 0 Å². The van der Waals surface area contributed by atoms with E-state index in [9.17, 15) is 16.8 Å². The van der Waals surface area contributed by atoms with Crippen molar-refractivity contribution in [2.45, 2.75) is 26.1 Å². The van der Waals surface area contributed by atoms with E-state index in [-0.39, 0.29) is 0 Å². The van der Waals surface area contributed by atoms with Crippen LogP contribution in [0.2, 0.25) is 0 Å². The molecule has 7 nitrogen and oxygen atoms in total. The highest BCUT2D eigenvalue weighted by Gasteiger charge is 2.21. The van der Waals surface area contributed by atoms with Crippen LogP contribution in [0.5, 0.6) is 0 Å². The lowest BCUT2D eigenvalue weighted by molar-refractivity contribution is 0.202. The topological polar surface area (TPSA) is 118 Å². The molecule has 0 aliphatic carbocycles. The first-order valence-electron chi connectivity index (χ1n) is 4.06. The molecule has 9 heteroatoms. The Morgan fingerprint density at radius 2 is 1.60 bits per heavy atom. The van der Waals surface area contributed by atoms with Crippen LogP contribution in [0.3, 0.4) is 0 Å². The molecule has 0 spiro atoms. The molecule has 0 aliphatic rings. The van der Waals surface area contributed by atoms with Crippen molar-refractivity contribution >= 4 is 20.2 Å². The van der Waals surface area contributed by atoms with Gasteiger partial charge in [-0.05, 0) is 13.8 Å². The van der Waals surface area contributed by atoms with E-state index in [0.717, 1.165) is 0 Å². The van der Waals surface area contributed by atoms with Crippen molar-refractivity contribution in [1.82, 2.24) is 0 Å². The van der Waals surface area contributed by atoms with Crippen molar-refractivity contribution in [2.24, 2.45) is 0 Å². The SMILES string of the molecule is CC(O)CS(=O)(=O)OC(C)CS(=O)(=O)O. The molecule has 0 aromatic rings. The second-order valence-corrected chi connectivity index (χ2v) is 6.37. The van der Waals surface area contributed by atoms with Crippen molar-refractivity contribution < 1.29 is 30.7 Å². The number of hydrogen-bond acceptors (Lipinski definition) is 6. The summed E-state index contributed by atoms with van der Waals surface area (Å²) in [6.45, 7) is 2.45. The van der Waals surface area contributed by atoms with E-state index in [0.29, 0.717) is 0 Å². The van der Waals surface area contributed by atoms with E-state index in [1.54, 1.807) is 0 Å². The molecule has 0 heterocycles. The zero-order chi connectivity index (χ0) is 12.3. The molecule has 0 radical (unpaired) electrons. The summed E-state index contributed by atoms with van der Waals surface area (Å²) in [5.74, 6) is -1.44. The standard InChI is InChI=1S/C6H14O7S2/c1-5(7)3-15(11,12)13-6(2)4-14(8,9)10/h5-7H,3-4H2,1-2H3,(H,8,9,10). The Morgan fingerprint density at radius 3 is 1.93 bits per heavy atom. The third-order valence-corrected chi connectivity index (χ3v) is 3.60. The summed E-state index contributed by atoms with van der Waals surface area (Å²) in [7, 11) is -8.25. The fraction of sp³-hybridized carbons (Fsp3) is 1.00. The van der Waals surface area contributed by atoms with Crippen LogP contribution < -0.4 is 0 Å². The Hall–Kier alpha value is -0.220. The van der Waals surface area contributed by atoms with Crippen LogP contribution in [-0.2, 0) is 24.4 Å². The summed E-state index contributed by atoms with van der Waals surface area (Å²) in [6.07, 6.45) is -2.29. The van der Waals surface area contributed by atoms with Gasteiger partial charge in [0, 0.05) is 0 Å². The van der Waals surface area contributed by atoms with Gasteiger partial charge < -0.3 is 5.11 Å². The summed E-state index contributed by atoms with van der Waals surface area (Å²) in [5.41, 5.74) is 0. The summed E-state index contributed by atoms with van der Waals surface area (Å²) in [5, 5.41) is 8.81. The molecule has 0 aromatic heterocycles.